The van der Waals surface area contributed by atoms with Gasteiger partial charge in [-0.3, -0.25) is 9.59 Å². The number of unbranched alkanes of at least 4 members (excludes halogenated alkanes) is 1. The number of fused-ring (bicyclic) bond motifs is 1. The fourth-order valence-corrected chi connectivity index (χ4v) is 2.13. The minimum Gasteiger partial charge on any atom is -0.396 e. The first-order valence-electron chi connectivity index (χ1n) is 7.57. The van der Waals surface area contributed by atoms with Crippen molar-refractivity contribution in [3.63, 3.8) is 0 Å². The van der Waals surface area contributed by atoms with E-state index in [1.807, 2.05) is 0 Å². The lowest BCUT2D eigenvalue weighted by atomic mass is 10.1. The number of carbonyl (C=O) groups excluding carboxylic acids is 1. The van der Waals surface area contributed by atoms with Crippen molar-refractivity contribution in [2.75, 3.05) is 12.8 Å². The van der Waals surface area contributed by atoms with Crippen LogP contribution in [0.25, 0.3) is 10.9 Å². The summed E-state index contributed by atoms with van der Waals surface area (Å²) >= 11 is 0. The number of pyridine rings is 1. The van der Waals surface area contributed by atoms with Crippen LogP contribution in [0.15, 0.2) is 23.0 Å². The van der Waals surface area contributed by atoms with Gasteiger partial charge in [0.05, 0.1) is 11.2 Å². The van der Waals surface area contributed by atoms with E-state index in [4.69, 9.17) is 5.73 Å². The lowest BCUT2D eigenvalue weighted by Gasteiger charge is -2.07. The molecule has 2 aromatic rings. The Balaban J connectivity index is 0.000000284. The largest absolute Gasteiger partial charge is 0.396 e. The molecule has 0 radical (unpaired) electrons. The second-order valence-electron chi connectivity index (χ2n) is 5.40. The Kier molecular flexibility index (Phi) is 6.75. The first-order valence-corrected chi connectivity index (χ1v) is 7.57. The smallest absolute Gasteiger partial charge is 0.253 e. The minimum absolute atomic E-state index is 0.0977. The molecule has 1 aromatic carbocycles. The Morgan fingerprint density at radius 2 is 2.00 bits per heavy atom. The molecular formula is C17H24FN3O2. The Hall–Kier alpha value is -2.37. The van der Waals surface area contributed by atoms with Crippen LogP contribution in [0.3, 0.4) is 0 Å². The third-order valence-electron chi connectivity index (χ3n) is 3.56. The molecule has 0 aliphatic carbocycles. The number of hydrogen-bond donors (Lipinski definition) is 2. The highest BCUT2D eigenvalue weighted by atomic mass is 19.1. The first kappa shape index (κ1) is 18.7. The fourth-order valence-electron chi connectivity index (χ4n) is 2.13. The molecule has 1 heterocycles. The Morgan fingerprint density at radius 1 is 1.35 bits per heavy atom. The third-order valence-corrected chi connectivity index (χ3v) is 3.56. The predicted molar refractivity (Wildman–Crippen MR) is 91.9 cm³/mol. The number of benzene rings is 1. The fraction of sp³-hybridized carbons (Fsp3) is 0.412. The van der Waals surface area contributed by atoms with E-state index < -0.39 is 5.82 Å². The van der Waals surface area contributed by atoms with Crippen LogP contribution in [0.2, 0.25) is 0 Å². The van der Waals surface area contributed by atoms with Crippen molar-refractivity contribution in [3.8, 4) is 0 Å². The highest BCUT2D eigenvalue weighted by Gasteiger charge is 2.06. The van der Waals surface area contributed by atoms with Gasteiger partial charge in [-0.15, -0.1) is 0 Å². The van der Waals surface area contributed by atoms with Crippen LogP contribution < -0.4 is 16.6 Å². The average molecular weight is 321 g/mol. The standard InChI is InChI=1S/C11H11FN2O.C6H13NO/c1-6-3-7-4-9(13)8(12)5-10(7)14(2)11(6)15;1-3-4-5-6(8)7-2/h3-5H,13H2,1-2H3;3-5H2,1-2H3,(H,7,8). The van der Waals surface area contributed by atoms with Crippen molar-refractivity contribution in [3.05, 3.63) is 39.9 Å². The molecule has 0 aliphatic heterocycles. The Labute approximate surface area is 135 Å². The molecule has 2 rings (SSSR count). The summed E-state index contributed by atoms with van der Waals surface area (Å²) in [6.45, 7) is 3.80. The second-order valence-corrected chi connectivity index (χ2v) is 5.40. The van der Waals surface area contributed by atoms with E-state index in [0.717, 1.165) is 18.2 Å². The molecule has 0 fully saturated rings. The van der Waals surface area contributed by atoms with Crippen LogP contribution in [0, 0.1) is 12.7 Å². The van der Waals surface area contributed by atoms with Gasteiger partial charge in [0.1, 0.15) is 5.82 Å². The number of anilines is 1. The van der Waals surface area contributed by atoms with Gasteiger partial charge in [0.15, 0.2) is 0 Å². The Morgan fingerprint density at radius 3 is 2.57 bits per heavy atom. The molecule has 5 nitrogen and oxygen atoms in total. The van der Waals surface area contributed by atoms with E-state index in [1.165, 1.54) is 16.7 Å². The monoisotopic (exact) mass is 321 g/mol. The zero-order valence-corrected chi connectivity index (χ0v) is 14.1. The minimum atomic E-state index is -0.499. The van der Waals surface area contributed by atoms with Crippen molar-refractivity contribution < 1.29 is 9.18 Å². The predicted octanol–water partition coefficient (Wildman–Crippen LogP) is 2.49. The SMILES string of the molecule is CCCCC(=O)NC.Cc1cc2cc(N)c(F)cc2n(C)c1=O. The summed E-state index contributed by atoms with van der Waals surface area (Å²) in [5.74, 6) is -0.354. The van der Waals surface area contributed by atoms with Crippen LogP contribution in [-0.4, -0.2) is 17.5 Å². The van der Waals surface area contributed by atoms with Gasteiger partial charge < -0.3 is 15.6 Å². The molecule has 0 saturated heterocycles. The number of amides is 1. The van der Waals surface area contributed by atoms with Crippen LogP contribution >= 0.6 is 0 Å². The number of halogens is 1. The number of aryl methyl sites for hydroxylation is 2. The number of nitrogens with one attached hydrogen (secondary N) is 1. The zero-order valence-electron chi connectivity index (χ0n) is 14.1. The highest BCUT2D eigenvalue weighted by Crippen LogP contribution is 2.19. The number of nitrogens with zero attached hydrogens (tertiary/aromatic N) is 1. The van der Waals surface area contributed by atoms with Crippen LogP contribution in [0.5, 0.6) is 0 Å². The van der Waals surface area contributed by atoms with E-state index in [-0.39, 0.29) is 17.2 Å². The summed E-state index contributed by atoms with van der Waals surface area (Å²) in [5.41, 5.74) is 6.61. The molecule has 0 atom stereocenters. The number of rotatable bonds is 3. The maximum absolute atomic E-state index is 13.2. The van der Waals surface area contributed by atoms with Crippen LogP contribution in [-0.2, 0) is 11.8 Å². The molecule has 0 unspecified atom stereocenters. The molecule has 1 amide bonds. The third kappa shape index (κ3) is 4.81. The second kappa shape index (κ2) is 8.31. The molecule has 0 saturated carbocycles. The molecular weight excluding hydrogens is 297 g/mol. The van der Waals surface area contributed by atoms with Crippen LogP contribution in [0.4, 0.5) is 10.1 Å². The average Bonchev–Trinajstić information content (AvgIpc) is 2.53. The Bertz CT molecular complexity index is 754. The van der Waals surface area contributed by atoms with Gasteiger partial charge in [0.25, 0.3) is 5.56 Å². The van der Waals surface area contributed by atoms with Crippen molar-refractivity contribution >= 4 is 22.5 Å². The highest BCUT2D eigenvalue weighted by molar-refractivity contribution is 5.83. The van der Waals surface area contributed by atoms with Gasteiger partial charge in [-0.05, 0) is 25.5 Å². The van der Waals surface area contributed by atoms with E-state index in [9.17, 15) is 14.0 Å². The van der Waals surface area contributed by atoms with Crippen molar-refractivity contribution in [1.29, 1.82) is 0 Å². The van der Waals surface area contributed by atoms with E-state index in [2.05, 4.69) is 12.2 Å². The van der Waals surface area contributed by atoms with Crippen LogP contribution in [0.1, 0.15) is 31.7 Å². The maximum Gasteiger partial charge on any atom is 0.253 e. The number of hydrogen-bond acceptors (Lipinski definition) is 3. The summed E-state index contributed by atoms with van der Waals surface area (Å²) < 4.78 is 14.6. The first-order chi connectivity index (χ1) is 10.8. The van der Waals surface area contributed by atoms with Gasteiger partial charge in [-0.25, -0.2) is 4.39 Å². The molecule has 126 valence electrons. The van der Waals surface area contributed by atoms with Gasteiger partial charge in [-0.1, -0.05) is 13.3 Å². The van der Waals surface area contributed by atoms with Gasteiger partial charge >= 0.3 is 0 Å². The molecule has 6 heteroatoms. The molecule has 0 aliphatic rings. The quantitative estimate of drug-likeness (QED) is 0.853. The summed E-state index contributed by atoms with van der Waals surface area (Å²) in [4.78, 5) is 22.0. The lowest BCUT2D eigenvalue weighted by molar-refractivity contribution is -0.120. The van der Waals surface area contributed by atoms with Crippen molar-refractivity contribution in [2.24, 2.45) is 7.05 Å². The summed E-state index contributed by atoms with van der Waals surface area (Å²) in [7, 11) is 3.28. The van der Waals surface area contributed by atoms with E-state index in [1.54, 1.807) is 27.1 Å². The van der Waals surface area contributed by atoms with Gasteiger partial charge in [0, 0.05) is 37.5 Å². The molecule has 0 spiro atoms. The van der Waals surface area contributed by atoms with Crippen molar-refractivity contribution in [1.82, 2.24) is 9.88 Å². The van der Waals surface area contributed by atoms with Crippen molar-refractivity contribution in [2.45, 2.75) is 33.1 Å². The normalized spacial score (nSPS) is 10.1. The maximum atomic E-state index is 13.2. The zero-order chi connectivity index (χ0) is 17.6. The summed E-state index contributed by atoms with van der Waals surface area (Å²) in [6.07, 6.45) is 2.76. The number of nitrogens with two attached hydrogens (primary N) is 1. The summed E-state index contributed by atoms with van der Waals surface area (Å²) in [6, 6.07) is 4.54. The number of aromatic nitrogens is 1. The van der Waals surface area contributed by atoms with Gasteiger partial charge in [0.2, 0.25) is 5.91 Å². The topological polar surface area (TPSA) is 77.1 Å². The number of nitrogen functional groups attached to an aromatic ring is 1. The number of carbonyl (C=O) groups is 1. The molecule has 23 heavy (non-hydrogen) atoms. The lowest BCUT2D eigenvalue weighted by Crippen LogP contribution is -2.19. The molecule has 1 aromatic heterocycles. The van der Waals surface area contributed by atoms with Gasteiger partial charge in [-0.2, -0.15) is 0 Å². The molecule has 0 bridgehead atoms. The van der Waals surface area contributed by atoms with E-state index in [0.29, 0.717) is 17.5 Å². The summed E-state index contributed by atoms with van der Waals surface area (Å²) in [5, 5.41) is 3.33. The van der Waals surface area contributed by atoms with E-state index >= 15 is 0 Å². The molecule has 3 N–H and O–H groups in total.